The number of hydrogen-bond acceptors (Lipinski definition) is 15. The predicted octanol–water partition coefficient (Wildman–Crippen LogP) is 20.8. The van der Waals surface area contributed by atoms with Crippen molar-refractivity contribution in [2.24, 2.45) is 0 Å². The van der Waals surface area contributed by atoms with Gasteiger partial charge in [-0.05, 0) is 103 Å². The fraction of sp³-hybridized carbons (Fsp3) is 0.863. The Kier molecular flexibility index (Phi) is 64.9. The molecule has 5 atom stereocenters. The molecule has 3 N–H and O–H groups in total. The number of allylic oxidation sites excluding steroid dienone is 6. The van der Waals surface area contributed by atoms with Gasteiger partial charge >= 0.3 is 39.5 Å². The molecule has 0 saturated carbocycles. The zero-order valence-electron chi connectivity index (χ0n) is 58.7. The number of rotatable bonds is 71. The number of hydrogen-bond donors (Lipinski definition) is 3. The van der Waals surface area contributed by atoms with Crippen LogP contribution in [-0.2, 0) is 65.4 Å². The Morgan fingerprint density at radius 1 is 0.293 bits per heavy atom. The smallest absolute Gasteiger partial charge is 0.462 e. The summed E-state index contributed by atoms with van der Waals surface area (Å²) in [4.78, 5) is 72.6. The Balaban J connectivity index is 5.31. The number of aliphatic hydroxyl groups is 1. The highest BCUT2D eigenvalue weighted by Crippen LogP contribution is 2.45. The van der Waals surface area contributed by atoms with Crippen LogP contribution in [0.3, 0.4) is 0 Å². The first-order chi connectivity index (χ1) is 44.7. The fourth-order valence-corrected chi connectivity index (χ4v) is 11.9. The molecule has 0 aromatic carbocycles. The molecule has 0 aromatic heterocycles. The van der Waals surface area contributed by atoms with Crippen LogP contribution in [0, 0.1) is 0 Å². The van der Waals surface area contributed by atoms with E-state index in [9.17, 15) is 43.2 Å². The van der Waals surface area contributed by atoms with Crippen LogP contribution >= 0.6 is 15.6 Å². The fourth-order valence-electron chi connectivity index (χ4n) is 10.3. The first kappa shape index (κ1) is 89.3. The first-order valence-corrected chi connectivity index (χ1v) is 40.2. The van der Waals surface area contributed by atoms with Gasteiger partial charge < -0.3 is 33.8 Å². The standard InChI is InChI=1S/C73H136O17P2/c1-5-9-13-17-21-25-29-33-37-41-45-49-53-57-70(75)83-63-68(89-72(77)59-55-51-47-43-39-35-31-27-23-19-15-11-7-3)65-87-91(79,80)85-61-67(74)62-86-92(81,82)88-66-69(90-73(78)60-56-52-48-44-40-36-32-28-24-20-16-12-8-4)64-84-71(76)58-54-50-46-42-38-34-30-26-22-18-14-10-6-2/h25-27,29-31,67-69,74H,5-24,28,32-66H2,1-4H3,(H,79,80)(H,81,82)/b29-25-,30-26-,31-27-/t67-,68+,69+/m0/s1. The molecule has 19 heteroatoms. The van der Waals surface area contributed by atoms with Crippen LogP contribution in [0.5, 0.6) is 0 Å². The molecule has 0 radical (unpaired) electrons. The second-order valence-corrected chi connectivity index (χ2v) is 28.1. The normalized spacial score (nSPS) is 14.2. The SMILES string of the molecule is CCCCCC/C=C\CCCCCCCC(=O)OC[C@H](COP(=O)(O)OC[C@H](O)COP(=O)(O)OC[C@@H](COC(=O)CCCCCCC/C=C\CCCCCC)OC(=O)CCCCCCCCCCCCCCC)OC(=O)CCCCCCC/C=C\CCCCCC. The van der Waals surface area contributed by atoms with Crippen molar-refractivity contribution >= 4 is 39.5 Å². The van der Waals surface area contributed by atoms with Gasteiger partial charge in [0.1, 0.15) is 19.3 Å². The van der Waals surface area contributed by atoms with Crippen LogP contribution in [0.2, 0.25) is 0 Å². The van der Waals surface area contributed by atoms with Gasteiger partial charge in [0.25, 0.3) is 0 Å². The van der Waals surface area contributed by atoms with E-state index in [0.717, 1.165) is 141 Å². The van der Waals surface area contributed by atoms with Gasteiger partial charge in [0.2, 0.25) is 0 Å². The lowest BCUT2D eigenvalue weighted by molar-refractivity contribution is -0.161. The van der Waals surface area contributed by atoms with E-state index >= 15 is 0 Å². The highest BCUT2D eigenvalue weighted by atomic mass is 31.2. The summed E-state index contributed by atoms with van der Waals surface area (Å²) in [6.07, 6.45) is 59.9. The Hall–Kier alpha value is -2.72. The third-order valence-corrected chi connectivity index (χ3v) is 18.0. The Labute approximate surface area is 560 Å². The van der Waals surface area contributed by atoms with Gasteiger partial charge in [0.05, 0.1) is 26.4 Å². The number of unbranched alkanes of at least 4 members (excludes halogenated alkanes) is 39. The van der Waals surface area contributed by atoms with Crippen LogP contribution < -0.4 is 0 Å². The van der Waals surface area contributed by atoms with E-state index in [-0.39, 0.29) is 25.7 Å². The summed E-state index contributed by atoms with van der Waals surface area (Å²) in [5.41, 5.74) is 0. The average Bonchev–Trinajstić information content (AvgIpc) is 3.63. The van der Waals surface area contributed by atoms with Crippen LogP contribution in [0.4, 0.5) is 0 Å². The van der Waals surface area contributed by atoms with E-state index < -0.39 is 97.5 Å². The van der Waals surface area contributed by atoms with Crippen molar-refractivity contribution < 1.29 is 80.2 Å². The Morgan fingerprint density at radius 3 is 0.761 bits per heavy atom. The third kappa shape index (κ3) is 65.9. The highest BCUT2D eigenvalue weighted by Gasteiger charge is 2.30. The Morgan fingerprint density at radius 2 is 0.500 bits per heavy atom. The molecule has 0 rings (SSSR count). The maximum Gasteiger partial charge on any atom is 0.472 e. The second kappa shape index (κ2) is 66.9. The van der Waals surface area contributed by atoms with E-state index in [1.54, 1.807) is 0 Å². The Bertz CT molecular complexity index is 1900. The largest absolute Gasteiger partial charge is 0.472 e. The van der Waals surface area contributed by atoms with Crippen molar-refractivity contribution in [1.82, 2.24) is 0 Å². The maximum absolute atomic E-state index is 13.0. The summed E-state index contributed by atoms with van der Waals surface area (Å²) in [5.74, 6) is -2.17. The molecule has 0 amide bonds. The molecule has 0 aliphatic heterocycles. The van der Waals surface area contributed by atoms with Crippen LogP contribution in [0.15, 0.2) is 36.5 Å². The molecule has 92 heavy (non-hydrogen) atoms. The van der Waals surface area contributed by atoms with Crippen molar-refractivity contribution in [2.75, 3.05) is 39.6 Å². The zero-order chi connectivity index (χ0) is 67.5. The van der Waals surface area contributed by atoms with E-state index in [1.807, 2.05) is 0 Å². The molecule has 0 spiro atoms. The number of carbonyl (C=O) groups excluding carboxylic acids is 4. The van der Waals surface area contributed by atoms with Crippen LogP contribution in [-0.4, -0.2) is 96.7 Å². The summed E-state index contributed by atoms with van der Waals surface area (Å²) in [7, 11) is -9.92. The topological polar surface area (TPSA) is 237 Å². The molecular formula is C73H136O17P2. The lowest BCUT2D eigenvalue weighted by atomic mass is 10.0. The molecule has 0 fully saturated rings. The predicted molar refractivity (Wildman–Crippen MR) is 372 cm³/mol. The molecule has 0 aliphatic carbocycles. The molecule has 2 unspecified atom stereocenters. The van der Waals surface area contributed by atoms with E-state index in [0.29, 0.717) is 25.7 Å². The highest BCUT2D eigenvalue weighted by molar-refractivity contribution is 7.47. The number of aliphatic hydroxyl groups excluding tert-OH is 1. The summed E-state index contributed by atoms with van der Waals surface area (Å²) >= 11 is 0. The number of esters is 4. The van der Waals surface area contributed by atoms with Crippen LogP contribution in [0.25, 0.3) is 0 Å². The van der Waals surface area contributed by atoms with Gasteiger partial charge in [-0.1, -0.05) is 257 Å². The second-order valence-electron chi connectivity index (χ2n) is 25.2. The molecule has 17 nitrogen and oxygen atoms in total. The van der Waals surface area contributed by atoms with Gasteiger partial charge in [0, 0.05) is 25.7 Å². The van der Waals surface area contributed by atoms with Crippen molar-refractivity contribution in [3.63, 3.8) is 0 Å². The molecule has 0 aromatic rings. The molecule has 0 heterocycles. The van der Waals surface area contributed by atoms with E-state index in [4.69, 9.17) is 37.0 Å². The monoisotopic (exact) mass is 1350 g/mol. The molecule has 0 saturated heterocycles. The summed E-state index contributed by atoms with van der Waals surface area (Å²) in [6, 6.07) is 0. The molecule has 0 bridgehead atoms. The van der Waals surface area contributed by atoms with E-state index in [2.05, 4.69) is 64.2 Å². The minimum atomic E-state index is -4.96. The lowest BCUT2D eigenvalue weighted by Gasteiger charge is -2.21. The van der Waals surface area contributed by atoms with Gasteiger partial charge in [0.15, 0.2) is 12.2 Å². The first-order valence-electron chi connectivity index (χ1n) is 37.2. The van der Waals surface area contributed by atoms with Crippen molar-refractivity contribution in [1.29, 1.82) is 0 Å². The van der Waals surface area contributed by atoms with E-state index in [1.165, 1.54) is 128 Å². The van der Waals surface area contributed by atoms with Gasteiger partial charge in [-0.15, -0.1) is 0 Å². The lowest BCUT2D eigenvalue weighted by Crippen LogP contribution is -2.30. The number of phosphoric ester groups is 2. The van der Waals surface area contributed by atoms with Gasteiger partial charge in [-0.2, -0.15) is 0 Å². The van der Waals surface area contributed by atoms with Crippen LogP contribution in [0.1, 0.15) is 349 Å². The summed E-state index contributed by atoms with van der Waals surface area (Å²) in [6.45, 7) is 4.85. The summed E-state index contributed by atoms with van der Waals surface area (Å²) in [5, 5.41) is 10.6. The molecular weight excluding hydrogens is 1210 g/mol. The zero-order valence-corrected chi connectivity index (χ0v) is 60.5. The average molecular weight is 1350 g/mol. The molecule has 0 aliphatic rings. The minimum absolute atomic E-state index is 0.0891. The van der Waals surface area contributed by atoms with Crippen molar-refractivity contribution in [3.8, 4) is 0 Å². The quantitative estimate of drug-likeness (QED) is 0.0169. The molecule has 540 valence electrons. The minimum Gasteiger partial charge on any atom is -0.462 e. The summed E-state index contributed by atoms with van der Waals surface area (Å²) < 4.78 is 68.3. The maximum atomic E-state index is 13.0. The van der Waals surface area contributed by atoms with Crippen molar-refractivity contribution in [2.45, 2.75) is 367 Å². The number of carbonyl (C=O) groups is 4. The third-order valence-electron chi connectivity index (χ3n) is 16.1. The number of ether oxygens (including phenoxy) is 4. The number of phosphoric acid groups is 2. The van der Waals surface area contributed by atoms with Gasteiger partial charge in [-0.3, -0.25) is 37.3 Å². The van der Waals surface area contributed by atoms with Crippen molar-refractivity contribution in [3.05, 3.63) is 36.5 Å². The van der Waals surface area contributed by atoms with Gasteiger partial charge in [-0.25, -0.2) is 9.13 Å².